The fourth-order valence-electron chi connectivity index (χ4n) is 2.10. The van der Waals surface area contributed by atoms with Crippen molar-refractivity contribution in [1.29, 1.82) is 0 Å². The first-order valence-electron chi connectivity index (χ1n) is 7.97. The highest BCUT2D eigenvalue weighted by Crippen LogP contribution is 2.14. The van der Waals surface area contributed by atoms with E-state index >= 15 is 0 Å². The van der Waals surface area contributed by atoms with Crippen molar-refractivity contribution in [3.05, 3.63) is 42.6 Å². The van der Waals surface area contributed by atoms with Gasteiger partial charge in [0, 0.05) is 31.6 Å². The number of benzene rings is 1. The second-order valence-electron chi connectivity index (χ2n) is 5.49. The number of nitrogens with one attached hydrogen (secondary N) is 3. The van der Waals surface area contributed by atoms with E-state index in [0.717, 1.165) is 0 Å². The van der Waals surface area contributed by atoms with Crippen molar-refractivity contribution in [3.8, 4) is 5.88 Å². The van der Waals surface area contributed by atoms with Crippen molar-refractivity contribution in [1.82, 2.24) is 9.71 Å². The summed E-state index contributed by atoms with van der Waals surface area (Å²) in [6.07, 6.45) is 1.40. The highest BCUT2D eigenvalue weighted by molar-refractivity contribution is 7.89. The number of methoxy groups -OCH3 is 1. The first-order chi connectivity index (χ1) is 12.8. The Morgan fingerprint density at radius 3 is 2.26 bits per heavy atom. The fourth-order valence-corrected chi connectivity index (χ4v) is 3.13. The molecule has 0 unspecified atom stereocenters. The lowest BCUT2D eigenvalue weighted by molar-refractivity contribution is -0.116. The highest BCUT2D eigenvalue weighted by atomic mass is 32.2. The first kappa shape index (κ1) is 20.3. The van der Waals surface area contributed by atoms with Gasteiger partial charge in [-0.1, -0.05) is 0 Å². The number of hydrogen-bond acceptors (Lipinski definition) is 6. The van der Waals surface area contributed by atoms with E-state index in [9.17, 15) is 18.0 Å². The Kier molecular flexibility index (Phi) is 6.85. The number of pyridine rings is 1. The third-order valence-corrected chi connectivity index (χ3v) is 4.84. The normalized spacial score (nSPS) is 10.9. The standard InChI is InChI=1S/C17H20N4O5S/c1-12(22)20-13-3-6-15(7-4-13)27(24,25)19-10-9-16(23)21-14-5-8-17(26-2)18-11-14/h3-8,11,19H,9-10H2,1-2H3,(H,20,22)(H,21,23). The fraction of sp³-hybridized carbons (Fsp3) is 0.235. The topological polar surface area (TPSA) is 126 Å². The Balaban J connectivity index is 1.85. The van der Waals surface area contributed by atoms with Gasteiger partial charge in [0.05, 0.1) is 23.9 Å². The number of carbonyl (C=O) groups excluding carboxylic acids is 2. The number of ether oxygens (including phenoxy) is 1. The van der Waals surface area contributed by atoms with Crippen LogP contribution in [0.4, 0.5) is 11.4 Å². The Hall–Kier alpha value is -2.98. The van der Waals surface area contributed by atoms with Crippen molar-refractivity contribution in [3.63, 3.8) is 0 Å². The van der Waals surface area contributed by atoms with Crippen LogP contribution >= 0.6 is 0 Å². The van der Waals surface area contributed by atoms with Crippen LogP contribution in [0.25, 0.3) is 0 Å². The van der Waals surface area contributed by atoms with E-state index < -0.39 is 10.0 Å². The summed E-state index contributed by atoms with van der Waals surface area (Å²) in [5.41, 5.74) is 0.978. The molecule has 2 rings (SSSR count). The van der Waals surface area contributed by atoms with Gasteiger partial charge in [0.25, 0.3) is 0 Å². The molecular weight excluding hydrogens is 372 g/mol. The molecule has 27 heavy (non-hydrogen) atoms. The maximum Gasteiger partial charge on any atom is 0.240 e. The molecule has 10 heteroatoms. The molecule has 1 aromatic heterocycles. The lowest BCUT2D eigenvalue weighted by atomic mass is 10.3. The number of anilines is 2. The molecule has 2 amide bonds. The van der Waals surface area contributed by atoms with Gasteiger partial charge in [-0.15, -0.1) is 0 Å². The summed E-state index contributed by atoms with van der Waals surface area (Å²) < 4.78 is 31.7. The molecule has 2 aromatic rings. The molecule has 0 bridgehead atoms. The van der Waals surface area contributed by atoms with Gasteiger partial charge in [-0.25, -0.2) is 18.1 Å². The zero-order valence-corrected chi connectivity index (χ0v) is 15.7. The van der Waals surface area contributed by atoms with Gasteiger partial charge >= 0.3 is 0 Å². The Labute approximate surface area is 157 Å². The molecule has 0 aliphatic heterocycles. The molecule has 0 atom stereocenters. The smallest absolute Gasteiger partial charge is 0.240 e. The van der Waals surface area contributed by atoms with Crippen LogP contribution in [-0.4, -0.2) is 38.9 Å². The van der Waals surface area contributed by atoms with E-state index in [0.29, 0.717) is 17.3 Å². The van der Waals surface area contributed by atoms with Crippen LogP contribution in [0.1, 0.15) is 13.3 Å². The van der Waals surface area contributed by atoms with E-state index in [2.05, 4.69) is 20.3 Å². The predicted molar refractivity (Wildman–Crippen MR) is 100.0 cm³/mol. The van der Waals surface area contributed by atoms with E-state index in [4.69, 9.17) is 4.74 Å². The number of rotatable bonds is 8. The van der Waals surface area contributed by atoms with Crippen LogP contribution < -0.4 is 20.1 Å². The van der Waals surface area contributed by atoms with Gasteiger partial charge in [-0.05, 0) is 30.3 Å². The zero-order chi connectivity index (χ0) is 19.9. The number of hydrogen-bond donors (Lipinski definition) is 3. The second-order valence-corrected chi connectivity index (χ2v) is 7.26. The molecule has 1 aromatic carbocycles. The molecule has 0 aliphatic rings. The second kappa shape index (κ2) is 9.10. The van der Waals surface area contributed by atoms with E-state index in [1.165, 1.54) is 44.5 Å². The van der Waals surface area contributed by atoms with Crippen LogP contribution in [0.15, 0.2) is 47.5 Å². The molecule has 0 saturated heterocycles. The number of nitrogens with zero attached hydrogens (tertiary/aromatic N) is 1. The Morgan fingerprint density at radius 1 is 1.04 bits per heavy atom. The van der Waals surface area contributed by atoms with Crippen LogP contribution in [0.2, 0.25) is 0 Å². The third kappa shape index (κ3) is 6.35. The molecule has 0 spiro atoms. The average molecular weight is 392 g/mol. The molecule has 0 radical (unpaired) electrons. The van der Waals surface area contributed by atoms with Crippen LogP contribution in [-0.2, 0) is 19.6 Å². The van der Waals surface area contributed by atoms with Gasteiger partial charge in [-0.3, -0.25) is 9.59 Å². The quantitative estimate of drug-likeness (QED) is 0.623. The van der Waals surface area contributed by atoms with E-state index in [-0.39, 0.29) is 29.7 Å². The number of carbonyl (C=O) groups is 2. The van der Waals surface area contributed by atoms with Crippen molar-refractivity contribution in [2.45, 2.75) is 18.2 Å². The maximum atomic E-state index is 12.2. The van der Waals surface area contributed by atoms with Crippen molar-refractivity contribution in [2.24, 2.45) is 0 Å². The lowest BCUT2D eigenvalue weighted by Gasteiger charge is -2.09. The van der Waals surface area contributed by atoms with Crippen LogP contribution in [0, 0.1) is 0 Å². The summed E-state index contributed by atoms with van der Waals surface area (Å²) in [7, 11) is -2.27. The van der Waals surface area contributed by atoms with Crippen molar-refractivity contribution in [2.75, 3.05) is 24.3 Å². The monoisotopic (exact) mass is 392 g/mol. The van der Waals surface area contributed by atoms with Crippen molar-refractivity contribution >= 4 is 33.2 Å². The summed E-state index contributed by atoms with van der Waals surface area (Å²) in [6.45, 7) is 1.30. The van der Waals surface area contributed by atoms with Crippen LogP contribution in [0.3, 0.4) is 0 Å². The minimum absolute atomic E-state index is 0.0383. The Bertz CT molecular complexity index is 896. The average Bonchev–Trinajstić information content (AvgIpc) is 2.62. The molecular formula is C17H20N4O5S. The molecule has 0 fully saturated rings. The maximum absolute atomic E-state index is 12.2. The molecule has 144 valence electrons. The van der Waals surface area contributed by atoms with E-state index in [1.807, 2.05) is 0 Å². The predicted octanol–water partition coefficient (Wildman–Crippen LogP) is 1.36. The largest absolute Gasteiger partial charge is 0.481 e. The number of amides is 2. The summed E-state index contributed by atoms with van der Waals surface area (Å²) in [5.74, 6) is -0.183. The SMILES string of the molecule is COc1ccc(NC(=O)CCNS(=O)(=O)c2ccc(NC(C)=O)cc2)cn1. The molecule has 0 aliphatic carbocycles. The van der Waals surface area contributed by atoms with Crippen molar-refractivity contribution < 1.29 is 22.7 Å². The van der Waals surface area contributed by atoms with Gasteiger partial charge in [0.1, 0.15) is 0 Å². The summed E-state index contributed by atoms with van der Waals surface area (Å²) in [6, 6.07) is 8.94. The summed E-state index contributed by atoms with van der Waals surface area (Å²) in [5, 5.41) is 5.16. The first-order valence-corrected chi connectivity index (χ1v) is 9.46. The summed E-state index contributed by atoms with van der Waals surface area (Å²) in [4.78, 5) is 26.9. The van der Waals surface area contributed by atoms with Gasteiger partial charge in [-0.2, -0.15) is 0 Å². The molecule has 3 N–H and O–H groups in total. The molecule has 0 saturated carbocycles. The minimum Gasteiger partial charge on any atom is -0.481 e. The van der Waals surface area contributed by atoms with Crippen LogP contribution in [0.5, 0.6) is 5.88 Å². The third-order valence-electron chi connectivity index (χ3n) is 3.36. The van der Waals surface area contributed by atoms with Gasteiger partial charge in [0.15, 0.2) is 0 Å². The Morgan fingerprint density at radius 2 is 1.70 bits per heavy atom. The van der Waals surface area contributed by atoms with E-state index in [1.54, 1.807) is 12.1 Å². The van der Waals surface area contributed by atoms with Gasteiger partial charge in [0.2, 0.25) is 27.7 Å². The molecule has 9 nitrogen and oxygen atoms in total. The molecule has 1 heterocycles. The summed E-state index contributed by atoms with van der Waals surface area (Å²) >= 11 is 0. The highest BCUT2D eigenvalue weighted by Gasteiger charge is 2.14. The number of aromatic nitrogens is 1. The minimum atomic E-state index is -3.75. The van der Waals surface area contributed by atoms with Gasteiger partial charge < -0.3 is 15.4 Å². The lowest BCUT2D eigenvalue weighted by Crippen LogP contribution is -2.27. The number of sulfonamides is 1. The zero-order valence-electron chi connectivity index (χ0n) is 14.9.